The molecular weight excluding hydrogens is 1840 g/mol. The van der Waals surface area contributed by atoms with Crippen LogP contribution in [0.2, 0.25) is 0 Å². The molecule has 3 aliphatic carbocycles. The Labute approximate surface area is 861 Å². The Hall–Kier alpha value is -19.8. The fourth-order valence-corrected chi connectivity index (χ4v) is 26.7. The second-order valence-electron chi connectivity index (χ2n) is 40.0. The molecule has 0 amide bonds. The third-order valence-corrected chi connectivity index (χ3v) is 33.3. The van der Waals surface area contributed by atoms with E-state index >= 15 is 0 Å². The lowest BCUT2D eigenvalue weighted by atomic mass is 9.93. The van der Waals surface area contributed by atoms with Crippen molar-refractivity contribution in [2.24, 2.45) is 0 Å². The van der Waals surface area contributed by atoms with Gasteiger partial charge in [-0.3, -0.25) is 13.7 Å². The number of hydrogen-bond acceptors (Lipinski definition) is 7. The van der Waals surface area contributed by atoms with Gasteiger partial charge in [0.15, 0.2) is 17.5 Å². The molecule has 7 aromatic heterocycles. The predicted octanol–water partition coefficient (Wildman–Crippen LogP) is 37.4. The maximum absolute atomic E-state index is 5.64. The highest BCUT2D eigenvalue weighted by Gasteiger charge is 2.34. The van der Waals surface area contributed by atoms with Gasteiger partial charge in [0, 0.05) is 85.3 Å². The third kappa shape index (κ3) is 12.0. The molecule has 150 heavy (non-hydrogen) atoms. The molecule has 35 rings (SSSR count). The zero-order chi connectivity index (χ0) is 97.8. The largest absolute Gasteiger partial charge is 0.292 e. The molecule has 0 saturated carbocycles. The number of benzene rings is 25. The van der Waals surface area contributed by atoms with Gasteiger partial charge in [0.05, 0.1) is 66.2 Å². The monoisotopic (exact) mass is 1920 g/mol. The lowest BCUT2D eigenvalue weighted by Gasteiger charge is -2.16. The van der Waals surface area contributed by atoms with E-state index in [0.717, 1.165) is 150 Å². The van der Waals surface area contributed by atoms with Crippen LogP contribution >= 0.6 is 11.3 Å². The summed E-state index contributed by atoms with van der Waals surface area (Å²) >= 11 is 1.84. The molecule has 10 heteroatoms. The fraction of sp³-hybridized carbons (Fsp3) is 0. The van der Waals surface area contributed by atoms with E-state index in [1.54, 1.807) is 0 Å². The van der Waals surface area contributed by atoms with Crippen molar-refractivity contribution in [2.45, 2.75) is 0 Å². The average molecular weight is 1920 g/mol. The average Bonchev–Trinajstić information content (AvgIpc) is 1.54. The molecule has 9 nitrogen and oxygen atoms in total. The fourth-order valence-electron chi connectivity index (χ4n) is 25.5. The number of fused-ring (bicyclic) bond motifs is 23. The SMILES string of the molecule is c1ccc2c(c1)-c1cccc3ccc4c(c13)c1c-2cccc1n4-c1nc2ccc3ccccc3c2nc1-c1ccc(-c2ccc3ccccc3c2)cc1.c1ccc2c(c1)-c1cccc3ccc4c(c13)c1c-2cccc1n4-c1nc2ccc3ccccc3c2nc1-c1ccc2ccccc2c1.c1ccc2c(c1)-c1cccc3ccc4c(c13)c1c-2cccc1n4-c1nc2ccc3ccccc3c2nc1-c1cccc2c1sc1ccccc12. The van der Waals surface area contributed by atoms with Crippen LogP contribution in [0, 0.1) is 0 Å². The van der Waals surface area contributed by atoms with Crippen molar-refractivity contribution >= 4 is 216 Å². The van der Waals surface area contributed by atoms with Crippen LogP contribution in [0.15, 0.2) is 479 Å². The van der Waals surface area contributed by atoms with Crippen molar-refractivity contribution in [2.75, 3.05) is 0 Å². The quantitative estimate of drug-likeness (QED) is 0.148. The molecule has 0 N–H and O–H groups in total. The van der Waals surface area contributed by atoms with Crippen molar-refractivity contribution < 1.29 is 0 Å². The van der Waals surface area contributed by atoms with Crippen LogP contribution in [0.25, 0.3) is 334 Å². The molecule has 3 aliphatic rings. The van der Waals surface area contributed by atoms with Crippen LogP contribution in [0.4, 0.5) is 0 Å². The van der Waals surface area contributed by atoms with E-state index in [9.17, 15) is 0 Å². The Kier molecular flexibility index (Phi) is 17.6. The summed E-state index contributed by atoms with van der Waals surface area (Å²) < 4.78 is 9.63. The summed E-state index contributed by atoms with van der Waals surface area (Å²) in [6.07, 6.45) is 0. The van der Waals surface area contributed by atoms with E-state index in [1.807, 2.05) is 11.3 Å². The van der Waals surface area contributed by atoms with Crippen LogP contribution in [0.3, 0.4) is 0 Å². The molecule has 32 aromatic rings. The third-order valence-electron chi connectivity index (χ3n) is 32.1. The summed E-state index contributed by atoms with van der Waals surface area (Å²) in [7, 11) is 0. The van der Waals surface area contributed by atoms with Crippen LogP contribution < -0.4 is 0 Å². The highest BCUT2D eigenvalue weighted by atomic mass is 32.1. The normalized spacial score (nSPS) is 12.3. The van der Waals surface area contributed by atoms with Crippen LogP contribution in [0.1, 0.15) is 0 Å². The highest BCUT2D eigenvalue weighted by Crippen LogP contribution is 2.57. The first kappa shape index (κ1) is 82.6. The molecule has 0 atom stereocenters. The van der Waals surface area contributed by atoms with Crippen molar-refractivity contribution in [3.8, 4) is 129 Å². The van der Waals surface area contributed by atoms with Gasteiger partial charge in [0.1, 0.15) is 17.1 Å². The van der Waals surface area contributed by atoms with E-state index in [0.29, 0.717) is 0 Å². The molecule has 690 valence electrons. The number of hydrogen-bond donors (Lipinski definition) is 0. The van der Waals surface area contributed by atoms with E-state index < -0.39 is 0 Å². The summed E-state index contributed by atoms with van der Waals surface area (Å²) in [5, 5.41) is 29.4. The smallest absolute Gasteiger partial charge is 0.165 e. The number of nitrogens with zero attached hydrogens (tertiary/aromatic N) is 9. The van der Waals surface area contributed by atoms with Crippen molar-refractivity contribution in [3.05, 3.63) is 479 Å². The Bertz CT molecular complexity index is 11600. The van der Waals surface area contributed by atoms with Crippen LogP contribution in [0.5, 0.6) is 0 Å². The van der Waals surface area contributed by atoms with Crippen molar-refractivity contribution in [1.29, 1.82) is 0 Å². The first-order valence-corrected chi connectivity index (χ1v) is 52.1. The first-order chi connectivity index (χ1) is 74.4. The molecule has 7 heterocycles. The topological polar surface area (TPSA) is 92.1 Å². The molecule has 0 fully saturated rings. The van der Waals surface area contributed by atoms with Crippen molar-refractivity contribution in [3.63, 3.8) is 0 Å². The zero-order valence-electron chi connectivity index (χ0n) is 80.5. The Morgan fingerprint density at radius 3 is 0.853 bits per heavy atom. The number of aromatic nitrogens is 9. The van der Waals surface area contributed by atoms with E-state index in [1.165, 1.54) is 184 Å². The van der Waals surface area contributed by atoms with Crippen molar-refractivity contribution in [1.82, 2.24) is 43.6 Å². The molecule has 0 unspecified atom stereocenters. The van der Waals surface area contributed by atoms with Gasteiger partial charge >= 0.3 is 0 Å². The second kappa shape index (κ2) is 31.9. The van der Waals surface area contributed by atoms with Gasteiger partial charge in [-0.2, -0.15) is 0 Å². The maximum Gasteiger partial charge on any atom is 0.165 e. The van der Waals surface area contributed by atoms with Gasteiger partial charge in [-0.05, 0) is 221 Å². The van der Waals surface area contributed by atoms with E-state index in [4.69, 9.17) is 29.9 Å². The summed E-state index contributed by atoms with van der Waals surface area (Å²) in [6, 6.07) is 173. The van der Waals surface area contributed by atoms with Gasteiger partial charge in [-0.15, -0.1) is 11.3 Å². The minimum Gasteiger partial charge on any atom is -0.292 e. The number of thiophene rings is 1. The van der Waals surface area contributed by atoms with Gasteiger partial charge in [0.25, 0.3) is 0 Å². The lowest BCUT2D eigenvalue weighted by molar-refractivity contribution is 1.08. The van der Waals surface area contributed by atoms with Crippen LogP contribution in [-0.2, 0) is 0 Å². The van der Waals surface area contributed by atoms with Gasteiger partial charge < -0.3 is 0 Å². The molecule has 25 aromatic carbocycles. The predicted molar refractivity (Wildman–Crippen MR) is 630 cm³/mol. The first-order valence-electron chi connectivity index (χ1n) is 51.3. The van der Waals surface area contributed by atoms with Gasteiger partial charge in [-0.1, -0.05) is 406 Å². The van der Waals surface area contributed by atoms with Gasteiger partial charge in [0.2, 0.25) is 0 Å². The highest BCUT2D eigenvalue weighted by molar-refractivity contribution is 7.26. The number of rotatable bonds is 7. The summed E-state index contributed by atoms with van der Waals surface area (Å²) in [4.78, 5) is 33.4. The molecule has 0 saturated heterocycles. The van der Waals surface area contributed by atoms with Crippen LogP contribution in [-0.4, -0.2) is 43.6 Å². The molecular formula is C140H79N9S. The maximum atomic E-state index is 5.64. The molecule has 0 radical (unpaired) electrons. The van der Waals surface area contributed by atoms with Gasteiger partial charge in [-0.25, -0.2) is 29.9 Å². The second-order valence-corrected chi connectivity index (χ2v) is 41.0. The van der Waals surface area contributed by atoms with E-state index in [2.05, 4.69) is 493 Å². The summed E-state index contributed by atoms with van der Waals surface area (Å²) in [5.41, 5.74) is 35.5. The summed E-state index contributed by atoms with van der Waals surface area (Å²) in [5.74, 6) is 2.51. The van der Waals surface area contributed by atoms with E-state index in [-0.39, 0.29) is 0 Å². The molecule has 0 bridgehead atoms. The lowest BCUT2D eigenvalue weighted by Crippen LogP contribution is -2.04. The zero-order valence-corrected chi connectivity index (χ0v) is 81.4. The molecule has 0 aliphatic heterocycles. The summed E-state index contributed by atoms with van der Waals surface area (Å²) in [6.45, 7) is 0. The Balaban J connectivity index is 0.0000000976. The minimum atomic E-state index is 0.828. The Morgan fingerprint density at radius 1 is 0.153 bits per heavy atom. The minimum absolute atomic E-state index is 0.828. The molecule has 0 spiro atoms. The standard InChI is InChI=1S/C50H29N3.C46H25N3S.C44H25N3/c1-2-11-35-29-36(24-21-30(35)9-1)31-19-22-34(23-20-31)48-50(51-42-27-25-32-10-3-4-13-37(32)49(42)52-48)53-43-18-8-17-41-39-15-6-5-14-38(39)40-16-7-12-33-26-28-44(53)47(45(33)40)46(41)43;1-2-12-28-26(10-1)22-24-36-43(28)48-44(35-19-8-18-34-31-15-5-6-21-39(31)50-45(34)35)46(47-36)49-37-20-9-17-33-30-14-4-3-13-29(30)32-16-7-11-27-23-25-38(49)42(40(27)32)41(33)37;1-2-11-29-25-30(20-19-26(29)9-1)42-44(45-36-23-21-27-10-3-4-13-31(27)43(36)46-42)47-37-18-8-17-35-33-15-6-5-14-32(33)34-16-7-12-28-22-24-38(47)41(39(28)34)40(35)37/h1-29H;1-25H;1-25H. The Morgan fingerprint density at radius 2 is 0.427 bits per heavy atom.